The van der Waals surface area contributed by atoms with Gasteiger partial charge in [-0.2, -0.15) is 0 Å². The molecule has 0 spiro atoms. The highest BCUT2D eigenvalue weighted by Gasteiger charge is 2.52. The molecule has 5 heteroatoms. The van der Waals surface area contributed by atoms with Crippen LogP contribution in [0.4, 0.5) is 28.4 Å². The summed E-state index contributed by atoms with van der Waals surface area (Å²) >= 11 is 0. The first-order chi connectivity index (χ1) is 27.8. The van der Waals surface area contributed by atoms with E-state index in [1.165, 1.54) is 99.6 Å². The average Bonchev–Trinajstić information content (AvgIpc) is 3.60. The molecular formula is C52H36BN3O. The summed E-state index contributed by atoms with van der Waals surface area (Å²) in [6, 6.07) is 54.5. The van der Waals surface area contributed by atoms with Crippen LogP contribution in [0.1, 0.15) is 49.9 Å². The second-order valence-electron chi connectivity index (χ2n) is 17.6. The SMILES string of the molecule is CC1(C)c2ccccc2N2B3c4cccc5c4-n4c6c3c(cc(N3c7ccccc7Oc7ccccc73)c6c3c6ccccc6cc(c34)C5(C)C)-c3cccc1c32. The van der Waals surface area contributed by atoms with Crippen LogP contribution in [0.2, 0.25) is 0 Å². The Hall–Kier alpha value is -6.72. The number of anilines is 5. The molecule has 0 radical (unpaired) electrons. The molecule has 8 aromatic carbocycles. The van der Waals surface area contributed by atoms with Gasteiger partial charge in [0.2, 0.25) is 0 Å². The van der Waals surface area contributed by atoms with Crippen molar-refractivity contribution < 1.29 is 4.74 Å². The van der Waals surface area contributed by atoms with Crippen molar-refractivity contribution in [3.63, 3.8) is 0 Å². The lowest BCUT2D eigenvalue weighted by Gasteiger charge is -2.50. The van der Waals surface area contributed by atoms with Crippen LogP contribution in [0.15, 0.2) is 146 Å². The number of hydrogen-bond acceptors (Lipinski definition) is 3. The maximum Gasteiger partial charge on any atom is 0.333 e. The Morgan fingerprint density at radius 3 is 1.91 bits per heavy atom. The Labute approximate surface area is 331 Å². The number of nitrogens with zero attached hydrogens (tertiary/aromatic N) is 3. The second-order valence-corrected chi connectivity index (χ2v) is 17.6. The van der Waals surface area contributed by atoms with E-state index in [1.54, 1.807) is 0 Å². The summed E-state index contributed by atoms with van der Waals surface area (Å²) in [5.41, 5.74) is 20.3. The van der Waals surface area contributed by atoms with Gasteiger partial charge in [-0.25, -0.2) is 0 Å². The number of benzene rings is 8. The van der Waals surface area contributed by atoms with E-state index in [1.807, 2.05) is 0 Å². The molecule has 0 amide bonds. The third-order valence-corrected chi connectivity index (χ3v) is 14.3. The van der Waals surface area contributed by atoms with Crippen LogP contribution in [-0.2, 0) is 10.8 Å². The molecule has 0 aliphatic carbocycles. The summed E-state index contributed by atoms with van der Waals surface area (Å²) in [6.07, 6.45) is 0. The van der Waals surface area contributed by atoms with Gasteiger partial charge in [0.15, 0.2) is 11.5 Å². The lowest BCUT2D eigenvalue weighted by molar-refractivity contribution is 0.477. The van der Waals surface area contributed by atoms with E-state index < -0.39 is 0 Å². The number of rotatable bonds is 1. The highest BCUT2D eigenvalue weighted by molar-refractivity contribution is 6.94. The van der Waals surface area contributed by atoms with Crippen molar-refractivity contribution in [3.05, 3.63) is 168 Å². The maximum atomic E-state index is 6.66. The van der Waals surface area contributed by atoms with Gasteiger partial charge in [0, 0.05) is 44.2 Å². The smallest absolute Gasteiger partial charge is 0.333 e. The molecular weight excluding hydrogens is 693 g/mol. The number of aromatic nitrogens is 1. The fraction of sp³-hybridized carbons (Fsp3) is 0.115. The standard InChI is InChI=1S/C52H36BN3O/c1-51(2)33-18-7-8-22-38(33)56-47-31(17-13-19-34(47)51)32-28-41(54-39-23-9-11-25-42(39)57-43-26-12-10-24-40(43)54)45-44-30-16-6-5-15-29(30)27-36-49(44)55-48-35(52(36,3)4)20-14-21-37(48)53(56)46(32)50(45)55/h5-28H,1-4H3. The van der Waals surface area contributed by atoms with Crippen LogP contribution in [-0.4, -0.2) is 11.4 Å². The summed E-state index contributed by atoms with van der Waals surface area (Å²) in [4.78, 5) is 5.22. The van der Waals surface area contributed by atoms with Gasteiger partial charge >= 0.3 is 6.85 Å². The third kappa shape index (κ3) is 3.35. The molecule has 6 heterocycles. The largest absolute Gasteiger partial charge is 0.453 e. The van der Waals surface area contributed by atoms with Gasteiger partial charge in [-0.05, 0) is 92.0 Å². The first-order valence-corrected chi connectivity index (χ1v) is 20.2. The molecule has 4 nitrogen and oxygen atoms in total. The molecule has 0 N–H and O–H groups in total. The zero-order chi connectivity index (χ0) is 37.7. The summed E-state index contributed by atoms with van der Waals surface area (Å²) in [7, 11) is 0. The number of para-hydroxylation sites is 7. The summed E-state index contributed by atoms with van der Waals surface area (Å²) in [5, 5.41) is 5.18. The topological polar surface area (TPSA) is 20.6 Å². The van der Waals surface area contributed by atoms with Crippen LogP contribution in [0.25, 0.3) is 49.4 Å². The minimum atomic E-state index is -0.240. The minimum Gasteiger partial charge on any atom is -0.453 e. The molecule has 0 atom stereocenters. The molecule has 0 fully saturated rings. The number of ether oxygens (including phenoxy) is 1. The zero-order valence-corrected chi connectivity index (χ0v) is 32.2. The maximum absolute atomic E-state index is 6.66. The van der Waals surface area contributed by atoms with Crippen LogP contribution in [0.3, 0.4) is 0 Å². The van der Waals surface area contributed by atoms with Gasteiger partial charge in [-0.15, -0.1) is 0 Å². The van der Waals surface area contributed by atoms with Gasteiger partial charge in [0.1, 0.15) is 0 Å². The van der Waals surface area contributed by atoms with Crippen molar-refractivity contribution in [1.82, 2.24) is 4.57 Å². The molecule has 0 saturated carbocycles. The van der Waals surface area contributed by atoms with Crippen molar-refractivity contribution in [2.75, 3.05) is 9.71 Å². The molecule has 0 saturated heterocycles. The molecule has 57 heavy (non-hydrogen) atoms. The predicted molar refractivity (Wildman–Crippen MR) is 236 cm³/mol. The fourth-order valence-electron chi connectivity index (χ4n) is 11.8. The Morgan fingerprint density at radius 1 is 0.491 bits per heavy atom. The second kappa shape index (κ2) is 9.80. The van der Waals surface area contributed by atoms with Crippen LogP contribution >= 0.6 is 0 Å². The summed E-state index contributed by atoms with van der Waals surface area (Å²) < 4.78 is 9.36. The van der Waals surface area contributed by atoms with Crippen molar-refractivity contribution in [2.24, 2.45) is 0 Å². The third-order valence-electron chi connectivity index (χ3n) is 14.3. The van der Waals surface area contributed by atoms with Gasteiger partial charge < -0.3 is 19.0 Å². The average molecular weight is 730 g/mol. The molecule has 5 aliphatic heterocycles. The van der Waals surface area contributed by atoms with Crippen LogP contribution < -0.4 is 25.4 Å². The van der Waals surface area contributed by atoms with Crippen LogP contribution in [0, 0.1) is 0 Å². The molecule has 268 valence electrons. The van der Waals surface area contributed by atoms with Gasteiger partial charge in [0.05, 0.1) is 28.1 Å². The Bertz CT molecular complexity index is 3330. The molecule has 1 aromatic heterocycles. The van der Waals surface area contributed by atoms with E-state index in [0.717, 1.165) is 22.9 Å². The van der Waals surface area contributed by atoms with Gasteiger partial charge in [-0.3, -0.25) is 0 Å². The quantitative estimate of drug-likeness (QED) is 0.157. The minimum absolute atomic E-state index is 0.0258. The van der Waals surface area contributed by atoms with E-state index >= 15 is 0 Å². The van der Waals surface area contributed by atoms with Crippen molar-refractivity contribution in [3.8, 4) is 28.3 Å². The van der Waals surface area contributed by atoms with Crippen LogP contribution in [0.5, 0.6) is 11.5 Å². The molecule has 9 aromatic rings. The lowest BCUT2D eigenvalue weighted by Crippen LogP contribution is -2.62. The highest BCUT2D eigenvalue weighted by Crippen LogP contribution is 2.60. The van der Waals surface area contributed by atoms with Gasteiger partial charge in [-0.1, -0.05) is 131 Å². The fourth-order valence-corrected chi connectivity index (χ4v) is 11.8. The highest BCUT2D eigenvalue weighted by atomic mass is 16.5. The van der Waals surface area contributed by atoms with E-state index in [4.69, 9.17) is 4.74 Å². The number of hydrogen-bond donors (Lipinski definition) is 0. The molecule has 14 rings (SSSR count). The predicted octanol–water partition coefficient (Wildman–Crippen LogP) is 12.0. The van der Waals surface area contributed by atoms with Gasteiger partial charge in [0.25, 0.3) is 0 Å². The summed E-state index contributed by atoms with van der Waals surface area (Å²) in [6.45, 7) is 9.67. The van der Waals surface area contributed by atoms with Crippen molar-refractivity contribution >= 4 is 78.8 Å². The first-order valence-electron chi connectivity index (χ1n) is 20.2. The Balaban J connectivity index is 1.27. The summed E-state index contributed by atoms with van der Waals surface area (Å²) in [5.74, 6) is 1.72. The Kier molecular flexibility index (Phi) is 5.24. The monoisotopic (exact) mass is 729 g/mol. The molecule has 0 unspecified atom stereocenters. The van der Waals surface area contributed by atoms with E-state index in [0.29, 0.717) is 0 Å². The first kappa shape index (κ1) is 30.5. The van der Waals surface area contributed by atoms with E-state index in [2.05, 4.69) is 188 Å². The molecule has 0 bridgehead atoms. The van der Waals surface area contributed by atoms with E-state index in [-0.39, 0.29) is 17.7 Å². The normalized spacial score (nSPS) is 16.4. The lowest BCUT2D eigenvalue weighted by atomic mass is 9.42. The molecule has 5 aliphatic rings. The Morgan fingerprint density at radius 2 is 1.12 bits per heavy atom. The van der Waals surface area contributed by atoms with Crippen molar-refractivity contribution in [1.29, 1.82) is 0 Å². The van der Waals surface area contributed by atoms with Crippen molar-refractivity contribution in [2.45, 2.75) is 38.5 Å². The number of fused-ring (bicyclic) bond motifs is 10. The van der Waals surface area contributed by atoms with E-state index in [9.17, 15) is 0 Å². The zero-order valence-electron chi connectivity index (χ0n) is 32.2.